The maximum Gasteiger partial charge on any atom is 0.137 e. The van der Waals surface area contributed by atoms with Gasteiger partial charge in [0.25, 0.3) is 0 Å². The van der Waals surface area contributed by atoms with Crippen LogP contribution >= 0.6 is 11.6 Å². The van der Waals surface area contributed by atoms with Crippen molar-refractivity contribution in [1.82, 2.24) is 15.0 Å². The number of aromatic nitrogens is 3. The Balaban J connectivity index is 2.28. The van der Waals surface area contributed by atoms with E-state index in [1.54, 1.807) is 6.20 Å². The lowest BCUT2D eigenvalue weighted by atomic mass is 10.3. The Morgan fingerprint density at radius 3 is 2.68 bits per heavy atom. The molecule has 0 saturated carbocycles. The van der Waals surface area contributed by atoms with Crippen LogP contribution in [0.5, 0.6) is 0 Å². The summed E-state index contributed by atoms with van der Waals surface area (Å²) in [5.74, 6) is 1.63. The van der Waals surface area contributed by atoms with Gasteiger partial charge in [-0.05, 0) is 19.1 Å². The molecular weight excluding hydrogens is 260 g/mol. The second-order valence-corrected chi connectivity index (χ2v) is 4.77. The minimum absolute atomic E-state index is 0.523. The van der Waals surface area contributed by atoms with Crippen LogP contribution in [0, 0.1) is 6.92 Å². The molecule has 2 heterocycles. The van der Waals surface area contributed by atoms with E-state index in [-0.39, 0.29) is 0 Å². The summed E-state index contributed by atoms with van der Waals surface area (Å²) in [5.41, 5.74) is 1.90. The molecule has 2 aromatic heterocycles. The second kappa shape index (κ2) is 5.97. The Morgan fingerprint density at radius 1 is 1.26 bits per heavy atom. The van der Waals surface area contributed by atoms with E-state index in [0.29, 0.717) is 11.7 Å². The van der Waals surface area contributed by atoms with Crippen molar-refractivity contribution in [2.75, 3.05) is 11.9 Å². The molecule has 0 atom stereocenters. The Kier molecular flexibility index (Phi) is 4.32. The molecule has 0 N–H and O–H groups in total. The average Bonchev–Trinajstić information content (AvgIpc) is 2.42. The zero-order valence-electron chi connectivity index (χ0n) is 11.4. The number of nitrogens with zero attached hydrogens (tertiary/aromatic N) is 4. The number of hydrogen-bond donors (Lipinski definition) is 0. The van der Waals surface area contributed by atoms with E-state index in [1.807, 2.05) is 44.0 Å². The highest BCUT2D eigenvalue weighted by Crippen LogP contribution is 2.23. The van der Waals surface area contributed by atoms with Crippen LogP contribution in [0.3, 0.4) is 0 Å². The lowest BCUT2D eigenvalue weighted by Gasteiger charge is -2.20. The maximum atomic E-state index is 6.15. The van der Waals surface area contributed by atoms with Crippen LogP contribution in [-0.2, 0) is 13.0 Å². The predicted octanol–water partition coefficient (Wildman–Crippen LogP) is 3.03. The summed E-state index contributed by atoms with van der Waals surface area (Å²) in [5, 5.41) is 0.523. The quantitative estimate of drug-likeness (QED) is 0.805. The van der Waals surface area contributed by atoms with Crippen molar-refractivity contribution in [2.45, 2.75) is 26.8 Å². The Morgan fingerprint density at radius 2 is 2.05 bits per heavy atom. The fourth-order valence-electron chi connectivity index (χ4n) is 1.86. The van der Waals surface area contributed by atoms with Crippen LogP contribution in [0.4, 0.5) is 5.82 Å². The van der Waals surface area contributed by atoms with Gasteiger partial charge >= 0.3 is 0 Å². The summed E-state index contributed by atoms with van der Waals surface area (Å²) in [4.78, 5) is 15.2. The number of anilines is 1. The SMILES string of the molecule is CCc1nc(Cl)c(C)c(N(C)Cc2ccccn2)n1. The van der Waals surface area contributed by atoms with Gasteiger partial charge in [-0.2, -0.15) is 0 Å². The van der Waals surface area contributed by atoms with E-state index >= 15 is 0 Å². The molecule has 2 rings (SSSR count). The van der Waals surface area contributed by atoms with Crippen LogP contribution in [-0.4, -0.2) is 22.0 Å². The summed E-state index contributed by atoms with van der Waals surface area (Å²) < 4.78 is 0. The number of halogens is 1. The van der Waals surface area contributed by atoms with E-state index in [1.165, 1.54) is 0 Å². The molecule has 4 nitrogen and oxygen atoms in total. The summed E-state index contributed by atoms with van der Waals surface area (Å²) in [6, 6.07) is 5.88. The van der Waals surface area contributed by atoms with Crippen LogP contribution < -0.4 is 4.90 Å². The van der Waals surface area contributed by atoms with Gasteiger partial charge in [0.05, 0.1) is 12.2 Å². The van der Waals surface area contributed by atoms with Crippen molar-refractivity contribution in [3.63, 3.8) is 0 Å². The first kappa shape index (κ1) is 13.7. The van der Waals surface area contributed by atoms with Gasteiger partial charge in [-0.3, -0.25) is 4.98 Å². The van der Waals surface area contributed by atoms with Crippen molar-refractivity contribution < 1.29 is 0 Å². The number of hydrogen-bond acceptors (Lipinski definition) is 4. The molecule has 0 bridgehead atoms. The van der Waals surface area contributed by atoms with Crippen LogP contribution in [0.15, 0.2) is 24.4 Å². The molecule has 0 aliphatic rings. The molecule has 0 radical (unpaired) electrons. The Hall–Kier alpha value is -1.68. The van der Waals surface area contributed by atoms with Gasteiger partial charge in [0.1, 0.15) is 16.8 Å². The molecular formula is C14H17ClN4. The standard InChI is InChI=1S/C14H17ClN4/c1-4-12-17-13(15)10(2)14(18-12)19(3)9-11-7-5-6-8-16-11/h5-8H,4,9H2,1-3H3. The van der Waals surface area contributed by atoms with Crippen molar-refractivity contribution in [2.24, 2.45) is 0 Å². The summed E-state index contributed by atoms with van der Waals surface area (Å²) >= 11 is 6.15. The van der Waals surface area contributed by atoms with Gasteiger partial charge in [-0.15, -0.1) is 0 Å². The van der Waals surface area contributed by atoms with Crippen molar-refractivity contribution in [1.29, 1.82) is 0 Å². The van der Waals surface area contributed by atoms with Crippen molar-refractivity contribution >= 4 is 17.4 Å². The average molecular weight is 277 g/mol. The van der Waals surface area contributed by atoms with E-state index in [2.05, 4.69) is 15.0 Å². The van der Waals surface area contributed by atoms with Gasteiger partial charge < -0.3 is 4.90 Å². The minimum atomic E-state index is 0.523. The largest absolute Gasteiger partial charge is 0.353 e. The first-order valence-electron chi connectivity index (χ1n) is 6.26. The maximum absolute atomic E-state index is 6.15. The third kappa shape index (κ3) is 3.20. The highest BCUT2D eigenvalue weighted by molar-refractivity contribution is 6.30. The molecule has 0 saturated heterocycles. The fraction of sp³-hybridized carbons (Fsp3) is 0.357. The van der Waals surface area contributed by atoms with Gasteiger partial charge in [0.15, 0.2) is 0 Å². The summed E-state index contributed by atoms with van der Waals surface area (Å²) in [7, 11) is 1.99. The predicted molar refractivity (Wildman–Crippen MR) is 77.5 cm³/mol. The van der Waals surface area contributed by atoms with Crippen LogP contribution in [0.25, 0.3) is 0 Å². The van der Waals surface area contributed by atoms with Gasteiger partial charge in [-0.25, -0.2) is 9.97 Å². The molecule has 0 unspecified atom stereocenters. The normalized spacial score (nSPS) is 10.5. The van der Waals surface area contributed by atoms with Gasteiger partial charge in [0, 0.05) is 25.2 Å². The first-order chi connectivity index (χ1) is 9.11. The third-order valence-electron chi connectivity index (χ3n) is 2.91. The lowest BCUT2D eigenvalue weighted by molar-refractivity contribution is 0.831. The summed E-state index contributed by atoms with van der Waals surface area (Å²) in [6.07, 6.45) is 2.56. The Bertz CT molecular complexity index is 557. The fourth-order valence-corrected chi connectivity index (χ4v) is 2.04. The van der Waals surface area contributed by atoms with E-state index in [9.17, 15) is 0 Å². The molecule has 0 fully saturated rings. The van der Waals surface area contributed by atoms with Crippen molar-refractivity contribution in [3.8, 4) is 0 Å². The van der Waals surface area contributed by atoms with Gasteiger partial charge in [-0.1, -0.05) is 24.6 Å². The molecule has 5 heteroatoms. The number of pyridine rings is 1. The minimum Gasteiger partial charge on any atom is -0.353 e. The molecule has 2 aromatic rings. The molecule has 100 valence electrons. The van der Waals surface area contributed by atoms with Crippen LogP contribution in [0.2, 0.25) is 5.15 Å². The highest BCUT2D eigenvalue weighted by Gasteiger charge is 2.13. The van der Waals surface area contributed by atoms with E-state index < -0.39 is 0 Å². The lowest BCUT2D eigenvalue weighted by Crippen LogP contribution is -2.20. The van der Waals surface area contributed by atoms with Crippen molar-refractivity contribution in [3.05, 3.63) is 46.6 Å². The molecule has 0 amide bonds. The van der Waals surface area contributed by atoms with E-state index in [4.69, 9.17) is 11.6 Å². The molecule has 0 aliphatic heterocycles. The second-order valence-electron chi connectivity index (χ2n) is 4.41. The van der Waals surface area contributed by atoms with Gasteiger partial charge in [0.2, 0.25) is 0 Å². The molecule has 0 spiro atoms. The number of aryl methyl sites for hydroxylation is 1. The van der Waals surface area contributed by atoms with Crippen LogP contribution in [0.1, 0.15) is 24.0 Å². The first-order valence-corrected chi connectivity index (χ1v) is 6.63. The monoisotopic (exact) mass is 276 g/mol. The zero-order valence-corrected chi connectivity index (χ0v) is 12.1. The number of rotatable bonds is 4. The third-order valence-corrected chi connectivity index (χ3v) is 3.28. The highest BCUT2D eigenvalue weighted by atomic mass is 35.5. The van der Waals surface area contributed by atoms with E-state index in [0.717, 1.165) is 29.3 Å². The smallest absolute Gasteiger partial charge is 0.137 e. The topological polar surface area (TPSA) is 41.9 Å². The Labute approximate surface area is 118 Å². The molecule has 0 aromatic carbocycles. The molecule has 19 heavy (non-hydrogen) atoms. The molecule has 0 aliphatic carbocycles. The summed E-state index contributed by atoms with van der Waals surface area (Å²) in [6.45, 7) is 4.65. The zero-order chi connectivity index (χ0) is 13.8.